The molecule has 130 valence electrons. The van der Waals surface area contributed by atoms with Crippen molar-refractivity contribution in [2.75, 3.05) is 19.0 Å². The monoisotopic (exact) mass is 341 g/mol. The van der Waals surface area contributed by atoms with Crippen molar-refractivity contribution in [2.24, 2.45) is 0 Å². The van der Waals surface area contributed by atoms with Gasteiger partial charge in [0, 0.05) is 30.4 Å². The van der Waals surface area contributed by atoms with Crippen LogP contribution in [0.3, 0.4) is 0 Å². The third-order valence-corrected chi connectivity index (χ3v) is 4.14. The van der Waals surface area contributed by atoms with E-state index in [-0.39, 0.29) is 5.24 Å². The minimum absolute atomic E-state index is 0.250. The maximum absolute atomic E-state index is 11.9. The van der Waals surface area contributed by atoms with Crippen molar-refractivity contribution < 1.29 is 14.3 Å². The van der Waals surface area contributed by atoms with Crippen molar-refractivity contribution in [3.8, 4) is 0 Å². The molecule has 0 bridgehead atoms. The van der Waals surface area contributed by atoms with E-state index in [4.69, 9.17) is 4.74 Å². The van der Waals surface area contributed by atoms with E-state index in [2.05, 4.69) is 21.9 Å². The zero-order chi connectivity index (χ0) is 17.1. The van der Waals surface area contributed by atoms with E-state index in [1.807, 2.05) is 0 Å². The normalized spacial score (nSPS) is 10.6. The van der Waals surface area contributed by atoms with Crippen LogP contribution in [-0.2, 0) is 4.74 Å². The predicted octanol–water partition coefficient (Wildman–Crippen LogP) is 4.24. The van der Waals surface area contributed by atoms with Crippen LogP contribution in [-0.4, -0.2) is 29.8 Å². The number of carbonyl (C=O) groups is 2. The van der Waals surface area contributed by atoms with Crippen LogP contribution in [0.15, 0.2) is 6.20 Å². The molecule has 1 heterocycles. The molecule has 7 heteroatoms. The summed E-state index contributed by atoms with van der Waals surface area (Å²) in [5.41, 5.74) is 1.46. The first-order valence-corrected chi connectivity index (χ1v) is 8.88. The Morgan fingerprint density at radius 2 is 1.91 bits per heavy atom. The van der Waals surface area contributed by atoms with Crippen LogP contribution in [0.25, 0.3) is 0 Å². The van der Waals surface area contributed by atoms with E-state index >= 15 is 0 Å². The van der Waals surface area contributed by atoms with Gasteiger partial charge in [0.2, 0.25) is 0 Å². The number of carbonyl (C=O) groups excluding carboxylic acids is 2. The SMILES string of the molecule is CCCCCCCCNSC(=O)Nc1c[nH]c(C)c1C(=O)OC. The third kappa shape index (κ3) is 7.09. The highest BCUT2D eigenvalue weighted by atomic mass is 32.2. The Morgan fingerprint density at radius 1 is 1.22 bits per heavy atom. The van der Waals surface area contributed by atoms with Crippen molar-refractivity contribution in [3.63, 3.8) is 0 Å². The summed E-state index contributed by atoms with van der Waals surface area (Å²) in [6.45, 7) is 4.75. The van der Waals surface area contributed by atoms with Crippen molar-refractivity contribution in [1.29, 1.82) is 0 Å². The quantitative estimate of drug-likeness (QED) is 0.337. The first-order valence-electron chi connectivity index (χ1n) is 8.07. The van der Waals surface area contributed by atoms with Gasteiger partial charge in [-0.2, -0.15) is 0 Å². The number of hydrogen-bond acceptors (Lipinski definition) is 5. The van der Waals surface area contributed by atoms with E-state index in [0.717, 1.165) is 24.9 Å². The lowest BCUT2D eigenvalue weighted by Gasteiger charge is -2.06. The van der Waals surface area contributed by atoms with Gasteiger partial charge in [-0.05, 0) is 13.3 Å². The van der Waals surface area contributed by atoms with Gasteiger partial charge in [0.25, 0.3) is 5.24 Å². The fourth-order valence-corrected chi connectivity index (χ4v) is 2.76. The topological polar surface area (TPSA) is 83.2 Å². The van der Waals surface area contributed by atoms with Gasteiger partial charge in [0.1, 0.15) is 5.56 Å². The number of rotatable bonds is 10. The van der Waals surface area contributed by atoms with E-state index in [1.165, 1.54) is 39.2 Å². The van der Waals surface area contributed by atoms with Crippen molar-refractivity contribution >= 4 is 28.8 Å². The van der Waals surface area contributed by atoms with Crippen molar-refractivity contribution in [1.82, 2.24) is 9.71 Å². The number of ether oxygens (including phenoxy) is 1. The summed E-state index contributed by atoms with van der Waals surface area (Å²) in [5.74, 6) is -0.468. The lowest BCUT2D eigenvalue weighted by Crippen LogP contribution is -2.15. The molecule has 0 aliphatic carbocycles. The molecule has 23 heavy (non-hydrogen) atoms. The fourth-order valence-electron chi connectivity index (χ4n) is 2.22. The molecule has 3 N–H and O–H groups in total. The molecular formula is C16H27N3O3S. The van der Waals surface area contributed by atoms with Crippen LogP contribution in [0.4, 0.5) is 10.5 Å². The number of aromatic nitrogens is 1. The molecule has 1 amide bonds. The molecule has 1 rings (SSSR count). The number of methoxy groups -OCH3 is 1. The Morgan fingerprint density at radius 3 is 2.61 bits per heavy atom. The second kappa shape index (κ2) is 11.1. The summed E-state index contributed by atoms with van der Waals surface area (Å²) < 4.78 is 7.76. The maximum atomic E-state index is 11.9. The zero-order valence-electron chi connectivity index (χ0n) is 14.2. The van der Waals surface area contributed by atoms with Crippen LogP contribution < -0.4 is 10.0 Å². The second-order valence-electron chi connectivity index (χ2n) is 5.37. The summed E-state index contributed by atoms with van der Waals surface area (Å²) in [6.07, 6.45) is 8.90. The molecule has 1 aromatic heterocycles. The highest BCUT2D eigenvalue weighted by Crippen LogP contribution is 2.21. The zero-order valence-corrected chi connectivity index (χ0v) is 15.0. The predicted molar refractivity (Wildman–Crippen MR) is 94.9 cm³/mol. The Balaban J connectivity index is 2.26. The molecule has 0 saturated carbocycles. The number of nitrogens with one attached hydrogen (secondary N) is 3. The molecule has 0 aliphatic rings. The van der Waals surface area contributed by atoms with Crippen LogP contribution in [0.1, 0.15) is 61.5 Å². The van der Waals surface area contributed by atoms with Crippen LogP contribution >= 0.6 is 11.9 Å². The smallest absolute Gasteiger partial charge is 0.341 e. The number of amides is 1. The van der Waals surface area contributed by atoms with Gasteiger partial charge >= 0.3 is 5.97 Å². The molecular weight excluding hydrogens is 314 g/mol. The lowest BCUT2D eigenvalue weighted by molar-refractivity contribution is 0.0601. The second-order valence-corrected chi connectivity index (χ2v) is 6.23. The van der Waals surface area contributed by atoms with Gasteiger partial charge in [-0.3, -0.25) is 9.52 Å². The molecule has 1 aromatic rings. The molecule has 0 fully saturated rings. The van der Waals surface area contributed by atoms with Crippen molar-refractivity contribution in [3.05, 3.63) is 17.5 Å². The molecule has 0 aliphatic heterocycles. The molecule has 0 radical (unpaired) electrons. The number of H-pyrrole nitrogens is 1. The number of aryl methyl sites for hydroxylation is 1. The van der Waals surface area contributed by atoms with Crippen molar-refractivity contribution in [2.45, 2.75) is 52.4 Å². The molecule has 0 atom stereocenters. The van der Waals surface area contributed by atoms with E-state index in [1.54, 1.807) is 13.1 Å². The van der Waals surface area contributed by atoms with E-state index < -0.39 is 5.97 Å². The number of anilines is 1. The van der Waals surface area contributed by atoms with Gasteiger partial charge in [-0.25, -0.2) is 4.79 Å². The Bertz CT molecular complexity index is 503. The van der Waals surface area contributed by atoms with Gasteiger partial charge < -0.3 is 15.0 Å². The van der Waals surface area contributed by atoms with Crippen LogP contribution in [0, 0.1) is 6.92 Å². The Hall–Kier alpha value is -1.47. The number of unbranched alkanes of at least 4 members (excludes halogenated alkanes) is 5. The number of esters is 1. The third-order valence-electron chi connectivity index (χ3n) is 3.50. The highest BCUT2D eigenvalue weighted by molar-refractivity contribution is 8.12. The molecule has 0 spiro atoms. The summed E-state index contributed by atoms with van der Waals surface area (Å²) in [6, 6.07) is 0. The lowest BCUT2D eigenvalue weighted by atomic mass is 10.1. The minimum Gasteiger partial charge on any atom is -0.465 e. The molecule has 0 saturated heterocycles. The minimum atomic E-state index is -0.468. The van der Waals surface area contributed by atoms with Crippen LogP contribution in [0.2, 0.25) is 0 Å². The van der Waals surface area contributed by atoms with Gasteiger partial charge in [-0.1, -0.05) is 39.0 Å². The van der Waals surface area contributed by atoms with Crippen LogP contribution in [0.5, 0.6) is 0 Å². The fraction of sp³-hybridized carbons (Fsp3) is 0.625. The average molecular weight is 341 g/mol. The maximum Gasteiger partial charge on any atom is 0.341 e. The summed E-state index contributed by atoms with van der Waals surface area (Å²) in [7, 11) is 1.32. The summed E-state index contributed by atoms with van der Waals surface area (Å²) in [4.78, 5) is 26.5. The largest absolute Gasteiger partial charge is 0.465 e. The Kier molecular flexibility index (Phi) is 9.47. The standard InChI is InChI=1S/C16H27N3O3S/c1-4-5-6-7-8-9-10-18-23-16(21)19-13-11-17-12(2)14(13)15(20)22-3/h11,17-18H,4-10H2,1-3H3,(H,19,21). The van der Waals surface area contributed by atoms with Gasteiger partial charge in [0.15, 0.2) is 0 Å². The average Bonchev–Trinajstić information content (AvgIpc) is 2.89. The van der Waals surface area contributed by atoms with Gasteiger partial charge in [-0.15, -0.1) is 0 Å². The van der Waals surface area contributed by atoms with E-state index in [9.17, 15) is 9.59 Å². The Labute approximate surface area is 142 Å². The molecule has 0 unspecified atom stereocenters. The molecule has 6 nitrogen and oxygen atoms in total. The van der Waals surface area contributed by atoms with Gasteiger partial charge in [0.05, 0.1) is 12.8 Å². The van der Waals surface area contributed by atoms with E-state index in [0.29, 0.717) is 16.9 Å². The summed E-state index contributed by atoms with van der Waals surface area (Å²) >= 11 is 1.01. The highest BCUT2D eigenvalue weighted by Gasteiger charge is 2.18. The molecule has 0 aromatic carbocycles. The first kappa shape index (κ1) is 19.6. The summed E-state index contributed by atoms with van der Waals surface area (Å²) in [5, 5.41) is 2.44. The first-order chi connectivity index (χ1) is 11.1. The number of hydrogen-bond donors (Lipinski definition) is 3. The number of aromatic amines is 1.